The van der Waals surface area contributed by atoms with Gasteiger partial charge in [0.2, 0.25) is 0 Å². The van der Waals surface area contributed by atoms with Gasteiger partial charge in [0.05, 0.1) is 0 Å². The maximum Gasteiger partial charge on any atom is 0.336 e. The van der Waals surface area contributed by atoms with E-state index >= 15 is 0 Å². The molecule has 0 N–H and O–H groups in total. The predicted octanol–water partition coefficient (Wildman–Crippen LogP) is 4.61. The lowest BCUT2D eigenvalue weighted by atomic mass is 9.99. The van der Waals surface area contributed by atoms with E-state index < -0.39 is 0 Å². The van der Waals surface area contributed by atoms with Gasteiger partial charge >= 0.3 is 5.63 Å². The Labute approximate surface area is 157 Å². The van der Waals surface area contributed by atoms with Gasteiger partial charge in [-0.2, -0.15) is 0 Å². The minimum absolute atomic E-state index is 0.248. The first-order chi connectivity index (χ1) is 13.0. The summed E-state index contributed by atoms with van der Waals surface area (Å²) in [6, 6.07) is 5.23. The van der Waals surface area contributed by atoms with Crippen LogP contribution < -0.4 is 10.4 Å². The molecule has 0 saturated carbocycles. The number of fused-ring (bicyclic) bond motifs is 2. The summed E-state index contributed by atoms with van der Waals surface area (Å²) < 4.78 is 11.5. The van der Waals surface area contributed by atoms with E-state index in [9.17, 15) is 9.59 Å². The molecule has 1 atom stereocenters. The standard InChI is InChI=1S/C23H22O4/c1-14(10-16-11-15(2)20(24)12-16)8-9-26-23-19-5-3-4-17(19)13-18-6-7-21(25)27-22(18)23/h3-4,6-8,11,13,16H,5,9-10,12H2,1-2H3/b14-8-. The van der Waals surface area contributed by atoms with Gasteiger partial charge in [-0.25, -0.2) is 4.79 Å². The molecule has 2 aromatic rings. The van der Waals surface area contributed by atoms with Crippen LogP contribution >= 0.6 is 0 Å². The van der Waals surface area contributed by atoms with E-state index in [-0.39, 0.29) is 17.3 Å². The summed E-state index contributed by atoms with van der Waals surface area (Å²) in [6.45, 7) is 4.34. The summed E-state index contributed by atoms with van der Waals surface area (Å²) in [5, 5.41) is 0.862. The van der Waals surface area contributed by atoms with Crippen LogP contribution in [0.15, 0.2) is 56.8 Å². The molecule has 0 radical (unpaired) electrons. The minimum atomic E-state index is -0.377. The molecule has 0 saturated heterocycles. The number of ketones is 1. The van der Waals surface area contributed by atoms with E-state index in [2.05, 4.69) is 25.2 Å². The molecule has 4 nitrogen and oxygen atoms in total. The number of hydrogen-bond donors (Lipinski definition) is 0. The number of rotatable bonds is 5. The van der Waals surface area contributed by atoms with Gasteiger partial charge in [0.15, 0.2) is 17.1 Å². The van der Waals surface area contributed by atoms with Crippen molar-refractivity contribution in [3.05, 3.63) is 69.1 Å². The molecule has 1 aromatic heterocycles. The maximum atomic E-state index is 11.7. The summed E-state index contributed by atoms with van der Waals surface area (Å²) in [7, 11) is 0. The third-order valence-electron chi connectivity index (χ3n) is 5.24. The molecule has 27 heavy (non-hydrogen) atoms. The quantitative estimate of drug-likeness (QED) is 0.576. The Kier molecular flexibility index (Phi) is 4.56. The monoisotopic (exact) mass is 362 g/mol. The molecule has 1 aromatic carbocycles. The maximum absolute atomic E-state index is 11.7. The zero-order chi connectivity index (χ0) is 19.0. The van der Waals surface area contributed by atoms with Crippen molar-refractivity contribution >= 4 is 22.8 Å². The zero-order valence-corrected chi connectivity index (χ0v) is 15.6. The fourth-order valence-corrected chi connectivity index (χ4v) is 3.86. The van der Waals surface area contributed by atoms with Gasteiger partial charge in [0.1, 0.15) is 6.61 Å². The molecule has 0 spiro atoms. The molecule has 0 aliphatic heterocycles. The number of ether oxygens (including phenoxy) is 1. The Morgan fingerprint density at radius 1 is 1.33 bits per heavy atom. The number of carbonyl (C=O) groups excluding carboxylic acids is 1. The SMILES string of the molecule is CC1=CC(C/C(C)=C\COc2c3c(cc4ccc(=O)oc24)C=CC3)CC1=O. The minimum Gasteiger partial charge on any atom is -0.485 e. The van der Waals surface area contributed by atoms with Gasteiger partial charge in [-0.1, -0.05) is 23.8 Å². The fourth-order valence-electron chi connectivity index (χ4n) is 3.86. The van der Waals surface area contributed by atoms with Crippen LogP contribution in [0.2, 0.25) is 0 Å². The van der Waals surface area contributed by atoms with E-state index in [1.807, 2.05) is 19.1 Å². The number of carbonyl (C=O) groups is 1. The molecular formula is C23H22O4. The smallest absolute Gasteiger partial charge is 0.336 e. The van der Waals surface area contributed by atoms with Gasteiger partial charge < -0.3 is 9.15 Å². The Bertz CT molecular complexity index is 1070. The Hall–Kier alpha value is -2.88. The first-order valence-corrected chi connectivity index (χ1v) is 9.27. The van der Waals surface area contributed by atoms with Crippen molar-refractivity contribution in [2.24, 2.45) is 5.92 Å². The van der Waals surface area contributed by atoms with Crippen molar-refractivity contribution in [3.63, 3.8) is 0 Å². The molecule has 4 rings (SSSR count). The molecule has 1 unspecified atom stereocenters. The summed E-state index contributed by atoms with van der Waals surface area (Å²) in [5.41, 5.74) is 4.36. The van der Waals surface area contributed by atoms with Crippen molar-refractivity contribution in [1.82, 2.24) is 0 Å². The largest absolute Gasteiger partial charge is 0.485 e. The van der Waals surface area contributed by atoms with Gasteiger partial charge in [-0.05, 0) is 62.0 Å². The second-order valence-corrected chi connectivity index (χ2v) is 7.36. The van der Waals surface area contributed by atoms with Crippen LogP contribution in [-0.2, 0) is 11.2 Å². The van der Waals surface area contributed by atoms with Crippen LogP contribution in [0.1, 0.15) is 37.8 Å². The van der Waals surface area contributed by atoms with Crippen molar-refractivity contribution < 1.29 is 13.9 Å². The molecule has 2 aliphatic carbocycles. The van der Waals surface area contributed by atoms with Crippen LogP contribution in [-0.4, -0.2) is 12.4 Å². The van der Waals surface area contributed by atoms with E-state index in [1.54, 1.807) is 6.07 Å². The normalized spacial score (nSPS) is 18.9. The van der Waals surface area contributed by atoms with Crippen LogP contribution in [0.25, 0.3) is 17.0 Å². The van der Waals surface area contributed by atoms with E-state index in [4.69, 9.17) is 9.15 Å². The van der Waals surface area contributed by atoms with Crippen molar-refractivity contribution in [3.8, 4) is 5.75 Å². The second-order valence-electron chi connectivity index (χ2n) is 7.36. The lowest BCUT2D eigenvalue weighted by Gasteiger charge is -2.13. The third kappa shape index (κ3) is 3.52. The Morgan fingerprint density at radius 3 is 2.96 bits per heavy atom. The first kappa shape index (κ1) is 17.5. The van der Waals surface area contributed by atoms with Crippen LogP contribution in [0.5, 0.6) is 5.75 Å². The highest BCUT2D eigenvalue weighted by Gasteiger charge is 2.21. The van der Waals surface area contributed by atoms with Gasteiger partial charge in [-0.3, -0.25) is 4.79 Å². The fraction of sp³-hybridized carbons (Fsp3) is 0.304. The predicted molar refractivity (Wildman–Crippen MR) is 106 cm³/mol. The molecule has 4 heteroatoms. The molecule has 0 bridgehead atoms. The van der Waals surface area contributed by atoms with E-state index in [0.29, 0.717) is 24.4 Å². The Morgan fingerprint density at radius 2 is 2.19 bits per heavy atom. The summed E-state index contributed by atoms with van der Waals surface area (Å²) in [6.07, 6.45) is 10.5. The highest BCUT2D eigenvalue weighted by Crippen LogP contribution is 2.36. The summed E-state index contributed by atoms with van der Waals surface area (Å²) >= 11 is 0. The molecule has 0 fully saturated rings. The van der Waals surface area contributed by atoms with Crippen molar-refractivity contribution in [2.45, 2.75) is 33.1 Å². The second kappa shape index (κ2) is 7.03. The number of allylic oxidation sites excluding steroid dienone is 4. The van der Waals surface area contributed by atoms with Gasteiger partial charge in [0.25, 0.3) is 0 Å². The zero-order valence-electron chi connectivity index (χ0n) is 15.6. The lowest BCUT2D eigenvalue weighted by Crippen LogP contribution is -2.03. The van der Waals surface area contributed by atoms with E-state index in [1.165, 1.54) is 11.6 Å². The topological polar surface area (TPSA) is 56.5 Å². The molecule has 2 aliphatic rings. The first-order valence-electron chi connectivity index (χ1n) is 9.27. The average molecular weight is 362 g/mol. The lowest BCUT2D eigenvalue weighted by molar-refractivity contribution is -0.115. The molecular weight excluding hydrogens is 340 g/mol. The highest BCUT2D eigenvalue weighted by molar-refractivity contribution is 5.97. The van der Waals surface area contributed by atoms with Crippen LogP contribution in [0.3, 0.4) is 0 Å². The van der Waals surface area contributed by atoms with E-state index in [0.717, 1.165) is 34.9 Å². The number of Topliss-reactive ketones (excluding diaryl/α,β-unsaturated/α-hetero) is 1. The summed E-state index contributed by atoms with van der Waals surface area (Å²) in [5.74, 6) is 1.19. The highest BCUT2D eigenvalue weighted by atomic mass is 16.5. The van der Waals surface area contributed by atoms with Crippen LogP contribution in [0, 0.1) is 5.92 Å². The number of benzene rings is 1. The molecule has 138 valence electrons. The molecule has 1 heterocycles. The third-order valence-corrected chi connectivity index (χ3v) is 5.24. The number of hydrogen-bond acceptors (Lipinski definition) is 4. The van der Waals surface area contributed by atoms with Gasteiger partial charge in [0, 0.05) is 23.4 Å². The Balaban J connectivity index is 1.53. The van der Waals surface area contributed by atoms with Crippen LogP contribution in [0.4, 0.5) is 0 Å². The van der Waals surface area contributed by atoms with Gasteiger partial charge in [-0.15, -0.1) is 0 Å². The van der Waals surface area contributed by atoms with Crippen molar-refractivity contribution in [1.29, 1.82) is 0 Å². The van der Waals surface area contributed by atoms with Crippen molar-refractivity contribution in [2.75, 3.05) is 6.61 Å². The average Bonchev–Trinajstić information content (AvgIpc) is 3.21. The molecule has 0 amide bonds. The summed E-state index contributed by atoms with van der Waals surface area (Å²) in [4.78, 5) is 23.4.